The number of rotatable bonds is 7. The molecule has 4 aromatic carbocycles. The van der Waals surface area contributed by atoms with Gasteiger partial charge < -0.3 is 9.47 Å². The number of hydrogen-bond donors (Lipinski definition) is 1. The van der Waals surface area contributed by atoms with Gasteiger partial charge >= 0.3 is 0 Å². The quantitative estimate of drug-likeness (QED) is 0.182. The van der Waals surface area contributed by atoms with E-state index in [0.717, 1.165) is 30.9 Å². The van der Waals surface area contributed by atoms with Crippen LogP contribution >= 0.6 is 27.3 Å². The third kappa shape index (κ3) is 4.69. The van der Waals surface area contributed by atoms with Gasteiger partial charge in [0.05, 0.1) is 28.0 Å². The molecule has 0 amide bonds. The van der Waals surface area contributed by atoms with Crippen LogP contribution in [0, 0.1) is 0 Å². The van der Waals surface area contributed by atoms with Crippen molar-refractivity contribution in [2.75, 3.05) is 12.5 Å². The Labute approximate surface area is 203 Å². The number of benzene rings is 4. The van der Waals surface area contributed by atoms with Crippen LogP contribution in [0.1, 0.15) is 11.1 Å². The Morgan fingerprint density at radius 2 is 1.85 bits per heavy atom. The highest BCUT2D eigenvalue weighted by Gasteiger charge is 2.12. The molecule has 0 aliphatic carbocycles. The molecule has 0 saturated carbocycles. The molecule has 5 nitrogen and oxygen atoms in total. The maximum Gasteiger partial charge on any atom is 0.204 e. The lowest BCUT2D eigenvalue weighted by atomic mass is 10.1. The predicted octanol–water partition coefficient (Wildman–Crippen LogP) is 7.25. The van der Waals surface area contributed by atoms with Gasteiger partial charge in [-0.05, 0) is 62.1 Å². The lowest BCUT2D eigenvalue weighted by molar-refractivity contribution is 0.283. The van der Waals surface area contributed by atoms with Crippen molar-refractivity contribution < 1.29 is 9.47 Å². The number of fused-ring (bicyclic) bond motifs is 2. The first-order chi connectivity index (χ1) is 16.2. The molecule has 0 unspecified atom stereocenters. The molecule has 33 heavy (non-hydrogen) atoms. The molecule has 0 aliphatic rings. The third-order valence-electron chi connectivity index (χ3n) is 5.17. The van der Waals surface area contributed by atoms with Crippen LogP contribution in [0.15, 0.2) is 88.4 Å². The number of methoxy groups -OCH3 is 1. The molecule has 164 valence electrons. The first kappa shape index (κ1) is 21.4. The summed E-state index contributed by atoms with van der Waals surface area (Å²) in [4.78, 5) is 4.52. The average molecular weight is 518 g/mol. The van der Waals surface area contributed by atoms with Crippen molar-refractivity contribution in [2.45, 2.75) is 6.61 Å². The number of halogens is 1. The molecule has 5 aromatic rings. The average Bonchev–Trinajstić information content (AvgIpc) is 3.26. The Morgan fingerprint density at radius 3 is 2.73 bits per heavy atom. The molecule has 0 atom stereocenters. The van der Waals surface area contributed by atoms with E-state index in [1.807, 2.05) is 54.6 Å². The Morgan fingerprint density at radius 1 is 1.03 bits per heavy atom. The van der Waals surface area contributed by atoms with Crippen LogP contribution in [0.4, 0.5) is 5.13 Å². The van der Waals surface area contributed by atoms with Gasteiger partial charge in [0.2, 0.25) is 5.13 Å². The zero-order valence-electron chi connectivity index (χ0n) is 17.8. The van der Waals surface area contributed by atoms with E-state index in [2.05, 4.69) is 55.7 Å². The summed E-state index contributed by atoms with van der Waals surface area (Å²) in [7, 11) is 1.63. The van der Waals surface area contributed by atoms with Crippen molar-refractivity contribution in [3.8, 4) is 11.5 Å². The summed E-state index contributed by atoms with van der Waals surface area (Å²) in [5, 5.41) is 7.45. The van der Waals surface area contributed by atoms with Crippen LogP contribution in [0.25, 0.3) is 21.0 Å². The van der Waals surface area contributed by atoms with Crippen molar-refractivity contribution in [3.05, 3.63) is 94.5 Å². The van der Waals surface area contributed by atoms with Crippen molar-refractivity contribution in [1.29, 1.82) is 0 Å². The fourth-order valence-electron chi connectivity index (χ4n) is 3.60. The van der Waals surface area contributed by atoms with E-state index < -0.39 is 0 Å². The molecular weight excluding hydrogens is 498 g/mol. The first-order valence-electron chi connectivity index (χ1n) is 10.3. The normalized spacial score (nSPS) is 11.3. The van der Waals surface area contributed by atoms with Crippen LogP contribution in [0.5, 0.6) is 11.5 Å². The van der Waals surface area contributed by atoms with E-state index in [9.17, 15) is 0 Å². The number of hydrazone groups is 1. The summed E-state index contributed by atoms with van der Waals surface area (Å²) in [6, 6.07) is 26.4. The Balaban J connectivity index is 1.32. The van der Waals surface area contributed by atoms with Gasteiger partial charge in [-0.2, -0.15) is 5.10 Å². The summed E-state index contributed by atoms with van der Waals surface area (Å²) in [5.74, 6) is 1.28. The maximum absolute atomic E-state index is 6.18. The van der Waals surface area contributed by atoms with Gasteiger partial charge in [-0.3, -0.25) is 5.43 Å². The largest absolute Gasteiger partial charge is 0.493 e. The van der Waals surface area contributed by atoms with Gasteiger partial charge in [0, 0.05) is 0 Å². The number of thiazole rings is 1. The highest BCUT2D eigenvalue weighted by Crippen LogP contribution is 2.37. The topological polar surface area (TPSA) is 55.7 Å². The number of ether oxygens (including phenoxy) is 2. The molecular formula is C26H20BrN3O2S. The number of anilines is 1. The monoisotopic (exact) mass is 517 g/mol. The smallest absolute Gasteiger partial charge is 0.204 e. The highest BCUT2D eigenvalue weighted by molar-refractivity contribution is 9.10. The van der Waals surface area contributed by atoms with Gasteiger partial charge in [0.1, 0.15) is 6.61 Å². The molecule has 0 aliphatic heterocycles. The van der Waals surface area contributed by atoms with E-state index in [0.29, 0.717) is 18.1 Å². The van der Waals surface area contributed by atoms with Gasteiger partial charge in [-0.25, -0.2) is 4.98 Å². The number of hydrogen-bond acceptors (Lipinski definition) is 6. The molecule has 0 spiro atoms. The minimum Gasteiger partial charge on any atom is -0.493 e. The fraction of sp³-hybridized carbons (Fsp3) is 0.0769. The SMILES string of the molecule is COc1cc(/C=N\Nc2nc3ccccc3s2)cc(Br)c1OCc1cccc2ccccc12. The maximum atomic E-state index is 6.18. The summed E-state index contributed by atoms with van der Waals surface area (Å²) < 4.78 is 13.7. The van der Waals surface area contributed by atoms with Gasteiger partial charge in [0.15, 0.2) is 11.5 Å². The van der Waals surface area contributed by atoms with Crippen molar-refractivity contribution in [1.82, 2.24) is 4.98 Å². The minimum absolute atomic E-state index is 0.433. The zero-order chi connectivity index (χ0) is 22.6. The lowest BCUT2D eigenvalue weighted by Crippen LogP contribution is -2.00. The number of para-hydroxylation sites is 1. The van der Waals surface area contributed by atoms with Crippen LogP contribution in [0.3, 0.4) is 0 Å². The second-order valence-corrected chi connectivity index (χ2v) is 9.20. The molecule has 1 N–H and O–H groups in total. The molecule has 1 heterocycles. The van der Waals surface area contributed by atoms with E-state index in [-0.39, 0.29) is 0 Å². The Bertz CT molecular complexity index is 1430. The number of aromatic nitrogens is 1. The van der Waals surface area contributed by atoms with Crippen molar-refractivity contribution >= 4 is 59.6 Å². The van der Waals surface area contributed by atoms with E-state index >= 15 is 0 Å². The molecule has 5 rings (SSSR count). The number of nitrogens with one attached hydrogen (secondary N) is 1. The van der Waals surface area contributed by atoms with E-state index in [4.69, 9.17) is 9.47 Å². The van der Waals surface area contributed by atoms with E-state index in [1.54, 1.807) is 24.7 Å². The molecule has 0 fully saturated rings. The second kappa shape index (κ2) is 9.60. The van der Waals surface area contributed by atoms with Gasteiger partial charge in [-0.15, -0.1) is 0 Å². The zero-order valence-corrected chi connectivity index (χ0v) is 20.2. The van der Waals surface area contributed by atoms with Crippen molar-refractivity contribution in [3.63, 3.8) is 0 Å². The summed E-state index contributed by atoms with van der Waals surface area (Å²) in [6.45, 7) is 0.433. The molecule has 0 radical (unpaired) electrons. The molecule has 0 bridgehead atoms. The van der Waals surface area contributed by atoms with Crippen LogP contribution in [-0.2, 0) is 6.61 Å². The highest BCUT2D eigenvalue weighted by atomic mass is 79.9. The standard InChI is InChI=1S/C26H20BrN3O2S/c1-31-23-14-17(15-28-30-26-29-22-11-4-5-12-24(22)33-26)13-21(27)25(23)32-16-19-9-6-8-18-7-2-3-10-20(18)19/h2-15H,16H2,1H3,(H,29,30)/b28-15-. The minimum atomic E-state index is 0.433. The molecule has 0 saturated heterocycles. The molecule has 1 aromatic heterocycles. The van der Waals surface area contributed by atoms with Crippen LogP contribution in [0.2, 0.25) is 0 Å². The first-order valence-corrected chi connectivity index (χ1v) is 11.9. The summed E-state index contributed by atoms with van der Waals surface area (Å²) >= 11 is 5.19. The van der Waals surface area contributed by atoms with Crippen molar-refractivity contribution in [2.24, 2.45) is 5.10 Å². The Kier molecular flexibility index (Phi) is 6.24. The Hall–Kier alpha value is -3.42. The van der Waals surface area contributed by atoms with Crippen LogP contribution in [-0.4, -0.2) is 18.3 Å². The lowest BCUT2D eigenvalue weighted by Gasteiger charge is -2.14. The fourth-order valence-corrected chi connectivity index (χ4v) is 4.99. The predicted molar refractivity (Wildman–Crippen MR) is 140 cm³/mol. The second-order valence-electron chi connectivity index (χ2n) is 7.32. The number of nitrogens with zero attached hydrogens (tertiary/aromatic N) is 2. The summed E-state index contributed by atoms with van der Waals surface area (Å²) in [6.07, 6.45) is 1.73. The van der Waals surface area contributed by atoms with E-state index in [1.165, 1.54) is 10.8 Å². The van der Waals surface area contributed by atoms with Gasteiger partial charge in [-0.1, -0.05) is 65.9 Å². The van der Waals surface area contributed by atoms with Gasteiger partial charge in [0.25, 0.3) is 0 Å². The van der Waals surface area contributed by atoms with Crippen LogP contribution < -0.4 is 14.9 Å². The third-order valence-corrected chi connectivity index (χ3v) is 6.70. The summed E-state index contributed by atoms with van der Waals surface area (Å²) in [5.41, 5.74) is 5.95. The molecule has 7 heteroatoms.